The molecule has 0 bridgehead atoms. The summed E-state index contributed by atoms with van der Waals surface area (Å²) in [5, 5.41) is 0. The summed E-state index contributed by atoms with van der Waals surface area (Å²) < 4.78 is 3.45. The fourth-order valence-electron chi connectivity index (χ4n) is 0.177. The Bertz CT molecular complexity index is 77.5. The van der Waals surface area contributed by atoms with Crippen molar-refractivity contribution in [2.24, 2.45) is 4.09 Å². The van der Waals surface area contributed by atoms with Gasteiger partial charge in [-0.25, -0.2) is 0 Å². The molecule has 1 rings (SSSR count). The Hall–Kier alpha value is -0.328. The Kier molecular flexibility index (Phi) is 1.26. The SMILES string of the molecule is C1=[CH][Al]=[N]OO1. The zero-order chi connectivity index (χ0) is 4.24. The van der Waals surface area contributed by atoms with Gasteiger partial charge < -0.3 is 0 Å². The molecule has 0 fully saturated rings. The van der Waals surface area contributed by atoms with Gasteiger partial charge in [0.25, 0.3) is 0 Å². The van der Waals surface area contributed by atoms with Crippen LogP contribution in [0.15, 0.2) is 15.3 Å². The molecule has 6 heavy (non-hydrogen) atoms. The van der Waals surface area contributed by atoms with Crippen LogP contribution in [0.25, 0.3) is 0 Å². The Labute approximate surface area is 41.0 Å². The van der Waals surface area contributed by atoms with Gasteiger partial charge in [0.1, 0.15) is 0 Å². The van der Waals surface area contributed by atoms with E-state index < -0.39 is 0 Å². The topological polar surface area (TPSA) is 30.8 Å². The number of hydrogen-bond acceptors (Lipinski definition) is 3. The molecule has 0 atom stereocenters. The molecule has 3 nitrogen and oxygen atoms in total. The average molecular weight is 99.0 g/mol. The molecule has 0 aromatic carbocycles. The van der Waals surface area contributed by atoms with Crippen molar-refractivity contribution in [1.82, 2.24) is 0 Å². The summed E-state index contributed by atoms with van der Waals surface area (Å²) in [6.07, 6.45) is 1.49. The van der Waals surface area contributed by atoms with Gasteiger partial charge in [0.05, 0.1) is 0 Å². The van der Waals surface area contributed by atoms with E-state index in [9.17, 15) is 0 Å². The van der Waals surface area contributed by atoms with Crippen molar-refractivity contribution in [1.29, 1.82) is 0 Å². The van der Waals surface area contributed by atoms with E-state index in [1.165, 1.54) is 6.26 Å². The zero-order valence-corrected chi connectivity index (χ0v) is 4.15. The molecule has 0 saturated heterocycles. The van der Waals surface area contributed by atoms with Gasteiger partial charge in [-0.2, -0.15) is 0 Å². The van der Waals surface area contributed by atoms with Crippen LogP contribution in [0.3, 0.4) is 0 Å². The molecule has 1 aliphatic heterocycles. The van der Waals surface area contributed by atoms with Crippen molar-refractivity contribution in [3.05, 3.63) is 11.2 Å². The molecule has 4 heteroatoms. The Morgan fingerprint density at radius 3 is 2.83 bits per heavy atom. The van der Waals surface area contributed by atoms with Crippen LogP contribution in [-0.4, -0.2) is 15.0 Å². The van der Waals surface area contributed by atoms with Gasteiger partial charge in [0, 0.05) is 0 Å². The van der Waals surface area contributed by atoms with Gasteiger partial charge in [0.15, 0.2) is 0 Å². The molecule has 0 aromatic heterocycles. The van der Waals surface area contributed by atoms with E-state index in [1.807, 2.05) is 4.94 Å². The van der Waals surface area contributed by atoms with Gasteiger partial charge in [-0.3, -0.25) is 0 Å². The summed E-state index contributed by atoms with van der Waals surface area (Å²) in [6, 6.07) is 0. The fourth-order valence-corrected chi connectivity index (χ4v) is 0.481. The maximum atomic E-state index is 4.24. The van der Waals surface area contributed by atoms with Crippen molar-refractivity contribution in [3.8, 4) is 0 Å². The summed E-state index contributed by atoms with van der Waals surface area (Å²) in [5.74, 6) is 0. The summed E-state index contributed by atoms with van der Waals surface area (Å²) in [4.78, 5) is 10.2. The van der Waals surface area contributed by atoms with Crippen LogP contribution in [0.4, 0.5) is 0 Å². The van der Waals surface area contributed by atoms with E-state index in [1.54, 1.807) is 0 Å². The third-order valence-corrected chi connectivity index (χ3v) is 0.904. The standard InChI is InChI=1S/C2H2NO2.Al/c1-2-4-5-3;/h1-2H;. The third kappa shape index (κ3) is 0.815. The molecule has 0 N–H and O–H groups in total. The Balaban J connectivity index is 2.46. The Morgan fingerprint density at radius 1 is 1.67 bits per heavy atom. The van der Waals surface area contributed by atoms with E-state index >= 15 is 0 Å². The molecule has 0 saturated carbocycles. The molecular formula is C2H2AlNO2. The second kappa shape index (κ2) is 1.96. The molecule has 0 aliphatic carbocycles. The molecule has 0 unspecified atom stereocenters. The van der Waals surface area contributed by atoms with Crippen LogP contribution in [0, 0.1) is 0 Å². The van der Waals surface area contributed by atoms with Crippen molar-refractivity contribution < 1.29 is 9.88 Å². The van der Waals surface area contributed by atoms with Crippen LogP contribution in [-0.2, 0) is 9.88 Å². The predicted octanol–water partition coefficient (Wildman–Crippen LogP) is 0.222. The molecule has 1 aliphatic rings. The second-order valence-corrected chi connectivity index (χ2v) is 1.65. The fraction of sp³-hybridized carbons (Fsp3) is 0. The summed E-state index contributed by atoms with van der Waals surface area (Å²) in [7, 11) is 0. The Morgan fingerprint density at radius 2 is 2.67 bits per heavy atom. The molecule has 0 aromatic rings. The first kappa shape index (κ1) is 3.85. The van der Waals surface area contributed by atoms with Crippen LogP contribution in [0.2, 0.25) is 0 Å². The van der Waals surface area contributed by atoms with E-state index in [-0.39, 0.29) is 15.0 Å². The van der Waals surface area contributed by atoms with Gasteiger partial charge in [0.2, 0.25) is 0 Å². The molecule has 0 radical (unpaired) electrons. The van der Waals surface area contributed by atoms with E-state index in [4.69, 9.17) is 0 Å². The van der Waals surface area contributed by atoms with Crippen LogP contribution >= 0.6 is 0 Å². The first-order valence-electron chi connectivity index (χ1n) is 1.51. The van der Waals surface area contributed by atoms with Gasteiger partial charge in [-0.05, 0) is 0 Å². The molecular weight excluding hydrogens is 97.0 g/mol. The van der Waals surface area contributed by atoms with Crippen LogP contribution < -0.4 is 0 Å². The first-order valence-corrected chi connectivity index (χ1v) is 2.69. The molecule has 0 amide bonds. The quantitative estimate of drug-likeness (QED) is 0.321. The van der Waals surface area contributed by atoms with Gasteiger partial charge >= 0.3 is 40.2 Å². The number of rotatable bonds is 0. The average Bonchev–Trinajstić information content (AvgIpc) is 1.72. The van der Waals surface area contributed by atoms with Gasteiger partial charge in [-0.1, -0.05) is 0 Å². The summed E-state index contributed by atoms with van der Waals surface area (Å²) in [5.41, 5.74) is 0. The number of nitrogens with zero attached hydrogens (tertiary/aromatic N) is 1. The minimum absolute atomic E-state index is 0.00231. The van der Waals surface area contributed by atoms with Crippen molar-refractivity contribution in [2.45, 2.75) is 0 Å². The molecule has 30 valence electrons. The van der Waals surface area contributed by atoms with E-state index in [2.05, 4.69) is 14.0 Å². The van der Waals surface area contributed by atoms with Crippen molar-refractivity contribution in [3.63, 3.8) is 0 Å². The monoisotopic (exact) mass is 99.0 g/mol. The summed E-state index contributed by atoms with van der Waals surface area (Å²) in [6.45, 7) is 0. The van der Waals surface area contributed by atoms with Crippen molar-refractivity contribution >= 4 is 15.0 Å². The van der Waals surface area contributed by atoms with Crippen LogP contribution in [0.5, 0.6) is 0 Å². The van der Waals surface area contributed by atoms with Crippen LogP contribution in [0.1, 0.15) is 0 Å². The number of hydrogen-bond donors (Lipinski definition) is 0. The summed E-state index contributed by atoms with van der Waals surface area (Å²) >= 11 is 0.00231. The minimum atomic E-state index is 0.00231. The second-order valence-electron chi connectivity index (χ2n) is 0.754. The normalized spacial score (nSPS) is 14.7. The van der Waals surface area contributed by atoms with E-state index in [0.29, 0.717) is 0 Å². The van der Waals surface area contributed by atoms with E-state index in [0.717, 1.165) is 0 Å². The molecule has 1 heterocycles. The molecule has 0 spiro atoms. The zero-order valence-electron chi connectivity index (χ0n) is 3.00. The maximum absolute atomic E-state index is 4.24. The first-order chi connectivity index (χ1) is 3.00. The third-order valence-electron chi connectivity index (χ3n) is 0.367. The van der Waals surface area contributed by atoms with Crippen molar-refractivity contribution in [2.75, 3.05) is 0 Å². The van der Waals surface area contributed by atoms with Gasteiger partial charge in [-0.15, -0.1) is 0 Å². The predicted molar refractivity (Wildman–Crippen MR) is 19.5 cm³/mol.